The quantitative estimate of drug-likeness (QED) is 0.409. The van der Waals surface area contributed by atoms with E-state index in [0.717, 1.165) is 25.4 Å². The second-order valence-electron chi connectivity index (χ2n) is 3.91. The van der Waals surface area contributed by atoms with Crippen LogP contribution in [-0.2, 0) is 0 Å². The van der Waals surface area contributed by atoms with Gasteiger partial charge in [-0.15, -0.1) is 0 Å². The van der Waals surface area contributed by atoms with Crippen LogP contribution in [0.15, 0.2) is 0 Å². The Hall–Kier alpha value is 0.650. The summed E-state index contributed by atoms with van der Waals surface area (Å²) in [6, 6.07) is 0.358. The molecule has 0 aromatic heterocycles. The Balaban J connectivity index is 3.15. The summed E-state index contributed by atoms with van der Waals surface area (Å²) in [7, 11) is 0. The van der Waals surface area contributed by atoms with Crippen molar-refractivity contribution in [1.82, 2.24) is 5.32 Å². The second-order valence-corrected chi connectivity index (χ2v) is 4.99. The first-order valence-corrected chi connectivity index (χ1v) is 6.71. The highest BCUT2D eigenvalue weighted by Gasteiger charge is 2.02. The fourth-order valence-corrected chi connectivity index (χ4v) is 1.57. The fraction of sp³-hybridized carbons (Fsp3) is 1.00. The summed E-state index contributed by atoms with van der Waals surface area (Å²) in [6.45, 7) is 6.67. The lowest BCUT2D eigenvalue weighted by Gasteiger charge is -2.13. The summed E-state index contributed by atoms with van der Waals surface area (Å²) in [4.78, 5) is 0. The van der Waals surface area contributed by atoms with Crippen LogP contribution in [0.25, 0.3) is 0 Å². The van der Waals surface area contributed by atoms with Gasteiger partial charge < -0.3 is 11.1 Å². The molecule has 3 N–H and O–H groups in total. The van der Waals surface area contributed by atoms with E-state index in [2.05, 4.69) is 41.8 Å². The van der Waals surface area contributed by atoms with Crippen LogP contribution < -0.4 is 11.1 Å². The average molecular weight is 298 g/mol. The Labute approximate surface area is 96.2 Å². The molecule has 3 heteroatoms. The van der Waals surface area contributed by atoms with Crippen molar-refractivity contribution in [2.24, 2.45) is 11.7 Å². The van der Waals surface area contributed by atoms with Crippen LogP contribution in [0.1, 0.15) is 33.1 Å². The van der Waals surface area contributed by atoms with Crippen molar-refractivity contribution in [2.45, 2.75) is 39.2 Å². The molecule has 0 amide bonds. The largest absolute Gasteiger partial charge is 0.328 e. The maximum absolute atomic E-state index is 5.70. The predicted octanol–water partition coefficient (Wildman–Crippen LogP) is 2.16. The van der Waals surface area contributed by atoms with Gasteiger partial charge in [-0.1, -0.05) is 29.5 Å². The number of rotatable bonds is 8. The number of alkyl halides is 1. The highest BCUT2D eigenvalue weighted by molar-refractivity contribution is 14.1. The Morgan fingerprint density at radius 1 is 1.31 bits per heavy atom. The molecule has 0 bridgehead atoms. The zero-order valence-corrected chi connectivity index (χ0v) is 11.0. The summed E-state index contributed by atoms with van der Waals surface area (Å²) >= 11 is 2.41. The summed E-state index contributed by atoms with van der Waals surface area (Å²) < 4.78 is 1.25. The van der Waals surface area contributed by atoms with Crippen LogP contribution in [0, 0.1) is 5.92 Å². The lowest BCUT2D eigenvalue weighted by Crippen LogP contribution is -2.24. The van der Waals surface area contributed by atoms with Gasteiger partial charge in [-0.05, 0) is 45.2 Å². The molecule has 0 radical (unpaired) electrons. The summed E-state index contributed by atoms with van der Waals surface area (Å²) in [5, 5.41) is 3.46. The third kappa shape index (κ3) is 10.6. The SMILES string of the molecule is CC(N)CCC(C)CNCCCI. The average Bonchev–Trinajstić information content (AvgIpc) is 2.09. The van der Waals surface area contributed by atoms with Crippen molar-refractivity contribution in [3.05, 3.63) is 0 Å². The summed E-state index contributed by atoms with van der Waals surface area (Å²) in [6.07, 6.45) is 3.67. The van der Waals surface area contributed by atoms with Gasteiger partial charge in [-0.25, -0.2) is 0 Å². The zero-order chi connectivity index (χ0) is 10.1. The van der Waals surface area contributed by atoms with E-state index < -0.39 is 0 Å². The number of nitrogens with two attached hydrogens (primary N) is 1. The first-order valence-electron chi connectivity index (χ1n) is 5.19. The number of hydrogen-bond acceptors (Lipinski definition) is 2. The highest BCUT2D eigenvalue weighted by Crippen LogP contribution is 2.05. The molecular weight excluding hydrogens is 275 g/mol. The Morgan fingerprint density at radius 3 is 2.54 bits per heavy atom. The standard InChI is InChI=1S/C10H23IN2/c1-9(4-5-10(2)12)8-13-7-3-6-11/h9-10,13H,3-8,12H2,1-2H3. The van der Waals surface area contributed by atoms with Gasteiger partial charge in [-0.3, -0.25) is 0 Å². The molecule has 0 aliphatic rings. The van der Waals surface area contributed by atoms with E-state index in [9.17, 15) is 0 Å². The minimum Gasteiger partial charge on any atom is -0.328 e. The van der Waals surface area contributed by atoms with Crippen molar-refractivity contribution in [3.63, 3.8) is 0 Å². The zero-order valence-electron chi connectivity index (χ0n) is 8.85. The van der Waals surface area contributed by atoms with Crippen LogP contribution in [0.2, 0.25) is 0 Å². The summed E-state index contributed by atoms with van der Waals surface area (Å²) in [5.41, 5.74) is 5.70. The predicted molar refractivity (Wildman–Crippen MR) is 68.4 cm³/mol. The first kappa shape index (κ1) is 13.7. The first-order chi connectivity index (χ1) is 6.16. The molecule has 2 atom stereocenters. The van der Waals surface area contributed by atoms with Crippen LogP contribution in [-0.4, -0.2) is 23.6 Å². The van der Waals surface area contributed by atoms with Gasteiger partial charge in [0.15, 0.2) is 0 Å². The Morgan fingerprint density at radius 2 is 2.00 bits per heavy atom. The molecule has 0 rings (SSSR count). The van der Waals surface area contributed by atoms with Crippen LogP contribution >= 0.6 is 22.6 Å². The molecule has 0 saturated carbocycles. The van der Waals surface area contributed by atoms with Gasteiger partial charge in [0.25, 0.3) is 0 Å². The monoisotopic (exact) mass is 298 g/mol. The van der Waals surface area contributed by atoms with Crippen LogP contribution in [0.3, 0.4) is 0 Å². The molecule has 13 heavy (non-hydrogen) atoms. The third-order valence-corrected chi connectivity index (χ3v) is 2.86. The maximum atomic E-state index is 5.70. The molecule has 0 aliphatic heterocycles. The normalized spacial score (nSPS) is 15.7. The van der Waals surface area contributed by atoms with Crippen LogP contribution in [0.4, 0.5) is 0 Å². The number of hydrogen-bond donors (Lipinski definition) is 2. The molecule has 80 valence electrons. The molecule has 0 spiro atoms. The maximum Gasteiger partial charge on any atom is 0.00105 e. The molecule has 0 aromatic rings. The lowest BCUT2D eigenvalue weighted by molar-refractivity contribution is 0.449. The molecule has 2 nitrogen and oxygen atoms in total. The van der Waals surface area contributed by atoms with Crippen molar-refractivity contribution >= 4 is 22.6 Å². The third-order valence-electron chi connectivity index (χ3n) is 2.09. The minimum atomic E-state index is 0.358. The van der Waals surface area contributed by atoms with E-state index in [1.165, 1.54) is 17.3 Å². The van der Waals surface area contributed by atoms with Crippen molar-refractivity contribution in [2.75, 3.05) is 17.5 Å². The van der Waals surface area contributed by atoms with Crippen molar-refractivity contribution in [1.29, 1.82) is 0 Å². The van der Waals surface area contributed by atoms with E-state index in [-0.39, 0.29) is 0 Å². The van der Waals surface area contributed by atoms with Crippen molar-refractivity contribution in [3.8, 4) is 0 Å². The Bertz CT molecular complexity index is 107. The molecule has 0 heterocycles. The van der Waals surface area contributed by atoms with Gasteiger partial charge in [0.2, 0.25) is 0 Å². The fourth-order valence-electron chi connectivity index (χ4n) is 1.19. The van der Waals surface area contributed by atoms with Gasteiger partial charge >= 0.3 is 0 Å². The highest BCUT2D eigenvalue weighted by atomic mass is 127. The van der Waals surface area contributed by atoms with Gasteiger partial charge in [0.05, 0.1) is 0 Å². The molecule has 0 aliphatic carbocycles. The molecule has 0 fully saturated rings. The molecule has 0 saturated heterocycles. The van der Waals surface area contributed by atoms with Gasteiger partial charge in [0, 0.05) is 10.5 Å². The number of halogens is 1. The van der Waals surface area contributed by atoms with Gasteiger partial charge in [-0.2, -0.15) is 0 Å². The van der Waals surface area contributed by atoms with E-state index in [1.54, 1.807) is 0 Å². The summed E-state index contributed by atoms with van der Waals surface area (Å²) in [5.74, 6) is 0.764. The van der Waals surface area contributed by atoms with E-state index in [1.807, 2.05) is 0 Å². The van der Waals surface area contributed by atoms with E-state index in [4.69, 9.17) is 5.73 Å². The minimum absolute atomic E-state index is 0.358. The Kier molecular flexibility index (Phi) is 9.68. The van der Waals surface area contributed by atoms with Gasteiger partial charge in [0.1, 0.15) is 0 Å². The lowest BCUT2D eigenvalue weighted by atomic mass is 10.0. The van der Waals surface area contributed by atoms with Crippen LogP contribution in [0.5, 0.6) is 0 Å². The van der Waals surface area contributed by atoms with E-state index in [0.29, 0.717) is 6.04 Å². The smallest absolute Gasteiger partial charge is 0.00105 e. The van der Waals surface area contributed by atoms with Crippen molar-refractivity contribution < 1.29 is 0 Å². The topological polar surface area (TPSA) is 38.0 Å². The van der Waals surface area contributed by atoms with E-state index >= 15 is 0 Å². The molecule has 2 unspecified atom stereocenters. The molecule has 0 aromatic carbocycles. The number of nitrogens with one attached hydrogen (secondary N) is 1. The second kappa shape index (κ2) is 9.21. The molecular formula is C10H23IN2.